The zero-order valence-electron chi connectivity index (χ0n) is 11.3. The first-order valence-corrected chi connectivity index (χ1v) is 7.48. The van der Waals surface area contributed by atoms with Crippen LogP contribution in [0.5, 0.6) is 0 Å². The molecule has 20 heavy (non-hydrogen) atoms. The number of hydrogen-bond acceptors (Lipinski definition) is 2. The quantitative estimate of drug-likeness (QED) is 0.724. The van der Waals surface area contributed by atoms with E-state index in [0.717, 1.165) is 27.7 Å². The van der Waals surface area contributed by atoms with Crippen molar-refractivity contribution < 1.29 is 4.42 Å². The first-order chi connectivity index (χ1) is 9.74. The van der Waals surface area contributed by atoms with Gasteiger partial charge in [-0.1, -0.05) is 52.3 Å². The standard InChI is InChI=1S/C17H16BrNO/c1-12(15-7-3-4-8-16(15)18)19-11-14-10-13-6-2-5-9-17(13)20-14/h2-10,12,19H,11H2,1H3. The van der Waals surface area contributed by atoms with Crippen molar-refractivity contribution >= 4 is 26.9 Å². The second-order valence-corrected chi connectivity index (χ2v) is 5.73. The lowest BCUT2D eigenvalue weighted by Crippen LogP contribution is -2.18. The summed E-state index contributed by atoms with van der Waals surface area (Å²) in [5, 5.41) is 4.64. The van der Waals surface area contributed by atoms with Gasteiger partial charge in [0.05, 0.1) is 6.54 Å². The number of halogens is 1. The SMILES string of the molecule is CC(NCc1cc2ccccc2o1)c1ccccc1Br. The molecule has 3 rings (SSSR count). The van der Waals surface area contributed by atoms with Gasteiger partial charge in [0.2, 0.25) is 0 Å². The molecule has 0 aliphatic carbocycles. The highest BCUT2D eigenvalue weighted by Crippen LogP contribution is 2.24. The molecule has 0 saturated heterocycles. The molecule has 2 nitrogen and oxygen atoms in total. The lowest BCUT2D eigenvalue weighted by atomic mass is 10.1. The van der Waals surface area contributed by atoms with E-state index < -0.39 is 0 Å². The zero-order chi connectivity index (χ0) is 13.9. The molecule has 1 N–H and O–H groups in total. The zero-order valence-corrected chi connectivity index (χ0v) is 12.9. The second-order valence-electron chi connectivity index (χ2n) is 4.87. The van der Waals surface area contributed by atoms with Gasteiger partial charge in [-0.25, -0.2) is 0 Å². The van der Waals surface area contributed by atoms with Gasteiger partial charge in [0, 0.05) is 15.9 Å². The van der Waals surface area contributed by atoms with E-state index in [1.807, 2.05) is 24.3 Å². The van der Waals surface area contributed by atoms with Crippen molar-refractivity contribution in [3.05, 3.63) is 70.4 Å². The number of nitrogens with one attached hydrogen (secondary N) is 1. The summed E-state index contributed by atoms with van der Waals surface area (Å²) in [4.78, 5) is 0. The Hall–Kier alpha value is -1.58. The van der Waals surface area contributed by atoms with E-state index in [1.54, 1.807) is 0 Å². The summed E-state index contributed by atoms with van der Waals surface area (Å²) in [6.07, 6.45) is 0. The smallest absolute Gasteiger partial charge is 0.134 e. The molecular formula is C17H16BrNO. The van der Waals surface area contributed by atoms with Crippen LogP contribution in [-0.2, 0) is 6.54 Å². The van der Waals surface area contributed by atoms with Gasteiger partial charge in [0.25, 0.3) is 0 Å². The fraction of sp³-hybridized carbons (Fsp3) is 0.176. The Morgan fingerprint density at radius 2 is 1.85 bits per heavy atom. The van der Waals surface area contributed by atoms with Crippen LogP contribution in [0.4, 0.5) is 0 Å². The molecule has 1 unspecified atom stereocenters. The summed E-state index contributed by atoms with van der Waals surface area (Å²) in [5.41, 5.74) is 2.20. The maximum absolute atomic E-state index is 5.81. The summed E-state index contributed by atoms with van der Waals surface area (Å²) < 4.78 is 6.94. The van der Waals surface area contributed by atoms with E-state index in [9.17, 15) is 0 Å². The van der Waals surface area contributed by atoms with Gasteiger partial charge >= 0.3 is 0 Å². The molecule has 1 atom stereocenters. The van der Waals surface area contributed by atoms with Crippen LogP contribution in [-0.4, -0.2) is 0 Å². The van der Waals surface area contributed by atoms with Gasteiger partial charge in [-0.15, -0.1) is 0 Å². The lowest BCUT2D eigenvalue weighted by molar-refractivity contribution is 0.482. The molecule has 0 amide bonds. The molecule has 3 aromatic rings. The van der Waals surface area contributed by atoms with Crippen molar-refractivity contribution in [2.75, 3.05) is 0 Å². The Bertz CT molecular complexity index is 687. The van der Waals surface area contributed by atoms with Crippen LogP contribution in [0.25, 0.3) is 11.0 Å². The predicted molar refractivity (Wildman–Crippen MR) is 85.6 cm³/mol. The molecule has 2 aromatic carbocycles. The molecule has 0 aliphatic rings. The van der Waals surface area contributed by atoms with Gasteiger partial charge in [-0.2, -0.15) is 0 Å². The van der Waals surface area contributed by atoms with Gasteiger partial charge < -0.3 is 9.73 Å². The second kappa shape index (κ2) is 5.81. The van der Waals surface area contributed by atoms with Crippen molar-refractivity contribution in [2.24, 2.45) is 0 Å². The third-order valence-corrected chi connectivity index (χ3v) is 4.15. The number of furan rings is 1. The number of rotatable bonds is 4. The monoisotopic (exact) mass is 329 g/mol. The largest absolute Gasteiger partial charge is 0.460 e. The first-order valence-electron chi connectivity index (χ1n) is 6.69. The minimum absolute atomic E-state index is 0.263. The fourth-order valence-electron chi connectivity index (χ4n) is 2.31. The van der Waals surface area contributed by atoms with E-state index >= 15 is 0 Å². The minimum atomic E-state index is 0.263. The summed E-state index contributed by atoms with van der Waals surface area (Å²) in [6, 6.07) is 18.7. The Balaban J connectivity index is 1.71. The average molecular weight is 330 g/mol. The van der Waals surface area contributed by atoms with E-state index in [0.29, 0.717) is 0 Å². The third kappa shape index (κ3) is 2.79. The summed E-state index contributed by atoms with van der Waals surface area (Å²) in [6.45, 7) is 2.87. The Morgan fingerprint density at radius 1 is 1.10 bits per heavy atom. The molecule has 1 heterocycles. The van der Waals surface area contributed by atoms with Crippen molar-refractivity contribution in [3.8, 4) is 0 Å². The summed E-state index contributed by atoms with van der Waals surface area (Å²) in [5.74, 6) is 0.963. The van der Waals surface area contributed by atoms with E-state index in [4.69, 9.17) is 4.42 Å². The highest BCUT2D eigenvalue weighted by Gasteiger charge is 2.09. The molecule has 0 spiro atoms. The summed E-state index contributed by atoms with van der Waals surface area (Å²) >= 11 is 3.59. The Morgan fingerprint density at radius 3 is 2.65 bits per heavy atom. The third-order valence-electron chi connectivity index (χ3n) is 3.43. The molecule has 3 heteroatoms. The van der Waals surface area contributed by atoms with Crippen molar-refractivity contribution in [1.29, 1.82) is 0 Å². The van der Waals surface area contributed by atoms with Crippen LogP contribution in [0.1, 0.15) is 24.3 Å². The van der Waals surface area contributed by atoms with Crippen molar-refractivity contribution in [2.45, 2.75) is 19.5 Å². The first kappa shape index (κ1) is 13.4. The van der Waals surface area contributed by atoms with Crippen LogP contribution in [0, 0.1) is 0 Å². The van der Waals surface area contributed by atoms with Gasteiger partial charge in [0.15, 0.2) is 0 Å². The van der Waals surface area contributed by atoms with Crippen LogP contribution in [0.15, 0.2) is 63.5 Å². The minimum Gasteiger partial charge on any atom is -0.460 e. The lowest BCUT2D eigenvalue weighted by Gasteiger charge is -2.14. The highest BCUT2D eigenvalue weighted by molar-refractivity contribution is 9.10. The normalized spacial score (nSPS) is 12.7. The molecule has 0 bridgehead atoms. The number of para-hydroxylation sites is 1. The fourth-order valence-corrected chi connectivity index (χ4v) is 2.94. The predicted octanol–water partition coefficient (Wildman–Crippen LogP) is 5.05. The van der Waals surface area contributed by atoms with E-state index in [1.165, 1.54) is 5.56 Å². The number of benzene rings is 2. The van der Waals surface area contributed by atoms with Gasteiger partial charge in [0.1, 0.15) is 11.3 Å². The molecule has 0 aliphatic heterocycles. The summed E-state index contributed by atoms with van der Waals surface area (Å²) in [7, 11) is 0. The number of hydrogen-bond donors (Lipinski definition) is 1. The van der Waals surface area contributed by atoms with Crippen LogP contribution >= 0.6 is 15.9 Å². The molecule has 1 aromatic heterocycles. The molecular weight excluding hydrogens is 314 g/mol. The van der Waals surface area contributed by atoms with Gasteiger partial charge in [-0.3, -0.25) is 0 Å². The van der Waals surface area contributed by atoms with Crippen molar-refractivity contribution in [3.63, 3.8) is 0 Å². The maximum atomic E-state index is 5.81. The topological polar surface area (TPSA) is 25.2 Å². The average Bonchev–Trinajstić information content (AvgIpc) is 2.88. The van der Waals surface area contributed by atoms with Crippen molar-refractivity contribution in [1.82, 2.24) is 5.32 Å². The van der Waals surface area contributed by atoms with E-state index in [-0.39, 0.29) is 6.04 Å². The molecule has 0 saturated carbocycles. The Kier molecular flexibility index (Phi) is 3.90. The molecule has 0 radical (unpaired) electrons. The number of fused-ring (bicyclic) bond motifs is 1. The Labute approximate surface area is 126 Å². The van der Waals surface area contributed by atoms with Crippen LogP contribution in [0.3, 0.4) is 0 Å². The highest BCUT2D eigenvalue weighted by atomic mass is 79.9. The maximum Gasteiger partial charge on any atom is 0.134 e. The van der Waals surface area contributed by atoms with Crippen LogP contribution < -0.4 is 5.32 Å². The van der Waals surface area contributed by atoms with Crippen LogP contribution in [0.2, 0.25) is 0 Å². The molecule has 102 valence electrons. The molecule has 0 fully saturated rings. The van der Waals surface area contributed by atoms with Gasteiger partial charge in [-0.05, 0) is 30.7 Å². The van der Waals surface area contributed by atoms with E-state index in [2.05, 4.69) is 58.5 Å².